The van der Waals surface area contributed by atoms with Gasteiger partial charge in [0.25, 0.3) is 5.91 Å². The Hall–Kier alpha value is -2.41. The molecule has 2 aromatic rings. The zero-order valence-electron chi connectivity index (χ0n) is 14.2. The van der Waals surface area contributed by atoms with E-state index in [1.807, 2.05) is 31.2 Å². The van der Waals surface area contributed by atoms with Crippen molar-refractivity contribution in [3.63, 3.8) is 0 Å². The van der Waals surface area contributed by atoms with Gasteiger partial charge >= 0.3 is 5.97 Å². The second-order valence-electron chi connectivity index (χ2n) is 5.67. The normalized spacial score (nSPS) is 11.7. The van der Waals surface area contributed by atoms with Crippen LogP contribution in [0.3, 0.4) is 0 Å². The Kier molecular flexibility index (Phi) is 6.14. The third kappa shape index (κ3) is 4.79. The van der Waals surface area contributed by atoms with Crippen LogP contribution in [0.2, 0.25) is 0 Å². The summed E-state index contributed by atoms with van der Waals surface area (Å²) < 4.78 is 7.43. The molecule has 0 aliphatic carbocycles. The Balaban J connectivity index is 1.92. The van der Waals surface area contributed by atoms with Crippen LogP contribution in [0.15, 0.2) is 41.0 Å². The van der Waals surface area contributed by atoms with Crippen LogP contribution in [0.4, 0.5) is 0 Å². The number of halogens is 1. The number of amides is 1. The van der Waals surface area contributed by atoms with Crippen LogP contribution < -0.4 is 5.32 Å². The summed E-state index contributed by atoms with van der Waals surface area (Å²) in [4.78, 5) is 35.4. The number of aromatic nitrogens is 1. The maximum Gasteiger partial charge on any atom is 0.355 e. The van der Waals surface area contributed by atoms with Gasteiger partial charge in [0.1, 0.15) is 5.69 Å². The molecule has 0 fully saturated rings. The standard InChI is InChI=1S/C18H19BrN2O4/c1-11(14-6-4-5-7-15(14)19)20-17(23)10-25-18(24)16-8-13(12(2)22)9-21(16)3/h4-9,11H,10H2,1-3H3,(H,20,23)/t11-/m0/s1. The molecule has 0 spiro atoms. The zero-order valence-corrected chi connectivity index (χ0v) is 15.8. The molecule has 132 valence electrons. The molecule has 1 aromatic carbocycles. The molecule has 0 aliphatic heterocycles. The lowest BCUT2D eigenvalue weighted by Gasteiger charge is -2.15. The molecule has 1 aromatic heterocycles. The Morgan fingerprint density at radius 1 is 1.28 bits per heavy atom. The van der Waals surface area contributed by atoms with Crippen molar-refractivity contribution in [2.24, 2.45) is 7.05 Å². The van der Waals surface area contributed by atoms with Gasteiger partial charge < -0.3 is 14.6 Å². The fourth-order valence-corrected chi connectivity index (χ4v) is 2.98. The summed E-state index contributed by atoms with van der Waals surface area (Å²) in [6, 6.07) is 8.77. The fourth-order valence-electron chi connectivity index (χ4n) is 2.35. The number of ether oxygens (including phenoxy) is 1. The van der Waals surface area contributed by atoms with Gasteiger partial charge in [0.15, 0.2) is 12.4 Å². The molecule has 2 rings (SSSR count). The molecule has 0 aliphatic rings. The van der Waals surface area contributed by atoms with Gasteiger partial charge in [0, 0.05) is 23.3 Å². The average Bonchev–Trinajstić information content (AvgIpc) is 2.95. The number of nitrogens with zero attached hydrogens (tertiary/aromatic N) is 1. The van der Waals surface area contributed by atoms with Gasteiger partial charge in [-0.1, -0.05) is 34.1 Å². The molecule has 25 heavy (non-hydrogen) atoms. The molecule has 1 N–H and O–H groups in total. The second kappa shape index (κ2) is 8.11. The monoisotopic (exact) mass is 406 g/mol. The first kappa shape index (κ1) is 18.9. The van der Waals surface area contributed by atoms with E-state index in [4.69, 9.17) is 4.74 Å². The molecule has 0 radical (unpaired) electrons. The lowest BCUT2D eigenvalue weighted by Crippen LogP contribution is -2.31. The van der Waals surface area contributed by atoms with Crippen molar-refractivity contribution in [2.75, 3.05) is 6.61 Å². The van der Waals surface area contributed by atoms with Crippen LogP contribution in [0.25, 0.3) is 0 Å². The van der Waals surface area contributed by atoms with E-state index in [1.54, 1.807) is 13.2 Å². The summed E-state index contributed by atoms with van der Waals surface area (Å²) in [5.41, 5.74) is 1.56. The molecular formula is C18H19BrN2O4. The third-order valence-corrected chi connectivity index (χ3v) is 4.43. The van der Waals surface area contributed by atoms with E-state index in [9.17, 15) is 14.4 Å². The van der Waals surface area contributed by atoms with Gasteiger partial charge in [-0.3, -0.25) is 9.59 Å². The first-order chi connectivity index (χ1) is 11.8. The van der Waals surface area contributed by atoms with E-state index in [1.165, 1.54) is 17.6 Å². The maximum absolute atomic E-state index is 12.1. The molecule has 1 amide bonds. The summed E-state index contributed by atoms with van der Waals surface area (Å²) in [5, 5.41) is 2.77. The maximum atomic E-state index is 12.1. The Morgan fingerprint density at radius 3 is 2.56 bits per heavy atom. The van der Waals surface area contributed by atoms with Gasteiger partial charge in [-0.25, -0.2) is 4.79 Å². The first-order valence-electron chi connectivity index (χ1n) is 7.67. The largest absolute Gasteiger partial charge is 0.451 e. The Morgan fingerprint density at radius 2 is 1.96 bits per heavy atom. The van der Waals surface area contributed by atoms with Crippen molar-refractivity contribution >= 4 is 33.6 Å². The van der Waals surface area contributed by atoms with Crippen molar-refractivity contribution in [1.29, 1.82) is 0 Å². The van der Waals surface area contributed by atoms with Crippen LogP contribution in [0.5, 0.6) is 0 Å². The molecule has 1 heterocycles. The summed E-state index contributed by atoms with van der Waals surface area (Å²) in [6.45, 7) is 2.87. The quantitative estimate of drug-likeness (QED) is 0.590. The van der Waals surface area contributed by atoms with E-state index in [0.29, 0.717) is 5.56 Å². The molecule has 1 atom stereocenters. The molecular weight excluding hydrogens is 388 g/mol. The zero-order chi connectivity index (χ0) is 18.6. The van der Waals surface area contributed by atoms with Crippen LogP contribution in [0.1, 0.15) is 46.3 Å². The molecule has 6 nitrogen and oxygen atoms in total. The van der Waals surface area contributed by atoms with Crippen molar-refractivity contribution in [3.8, 4) is 0 Å². The number of carbonyl (C=O) groups is 3. The predicted octanol–water partition coefficient (Wildman–Crippen LogP) is 3.02. The van der Waals surface area contributed by atoms with E-state index < -0.39 is 18.5 Å². The van der Waals surface area contributed by atoms with Gasteiger partial charge in [-0.05, 0) is 31.5 Å². The van der Waals surface area contributed by atoms with E-state index in [-0.39, 0.29) is 17.5 Å². The lowest BCUT2D eigenvalue weighted by molar-refractivity contribution is -0.124. The Bertz CT molecular complexity index is 813. The molecule has 0 saturated heterocycles. The number of hydrogen-bond acceptors (Lipinski definition) is 4. The van der Waals surface area contributed by atoms with Crippen molar-refractivity contribution in [1.82, 2.24) is 9.88 Å². The topological polar surface area (TPSA) is 77.4 Å². The van der Waals surface area contributed by atoms with Crippen LogP contribution in [-0.2, 0) is 16.6 Å². The fraction of sp³-hybridized carbons (Fsp3) is 0.278. The molecule has 0 bridgehead atoms. The summed E-state index contributed by atoms with van der Waals surface area (Å²) >= 11 is 3.43. The van der Waals surface area contributed by atoms with Crippen molar-refractivity contribution < 1.29 is 19.1 Å². The van der Waals surface area contributed by atoms with Crippen LogP contribution >= 0.6 is 15.9 Å². The minimum Gasteiger partial charge on any atom is -0.451 e. The van der Waals surface area contributed by atoms with Gasteiger partial charge in [0.05, 0.1) is 6.04 Å². The van der Waals surface area contributed by atoms with Crippen molar-refractivity contribution in [3.05, 3.63) is 57.8 Å². The highest BCUT2D eigenvalue weighted by molar-refractivity contribution is 9.10. The predicted molar refractivity (Wildman–Crippen MR) is 96.4 cm³/mol. The van der Waals surface area contributed by atoms with Crippen LogP contribution in [-0.4, -0.2) is 28.8 Å². The Labute approximate surface area is 154 Å². The lowest BCUT2D eigenvalue weighted by atomic mass is 10.1. The van der Waals surface area contributed by atoms with E-state index >= 15 is 0 Å². The first-order valence-corrected chi connectivity index (χ1v) is 8.47. The van der Waals surface area contributed by atoms with Crippen molar-refractivity contribution in [2.45, 2.75) is 19.9 Å². The second-order valence-corrected chi connectivity index (χ2v) is 6.52. The summed E-state index contributed by atoms with van der Waals surface area (Å²) in [6.07, 6.45) is 1.55. The highest BCUT2D eigenvalue weighted by Crippen LogP contribution is 2.22. The van der Waals surface area contributed by atoms with E-state index in [2.05, 4.69) is 21.2 Å². The van der Waals surface area contributed by atoms with Gasteiger partial charge in [-0.15, -0.1) is 0 Å². The van der Waals surface area contributed by atoms with Gasteiger partial charge in [-0.2, -0.15) is 0 Å². The number of aryl methyl sites for hydroxylation is 1. The minimum atomic E-state index is -0.654. The molecule has 7 heteroatoms. The number of nitrogens with one attached hydrogen (secondary N) is 1. The van der Waals surface area contributed by atoms with E-state index in [0.717, 1.165) is 10.0 Å². The number of ketones is 1. The molecule has 0 unspecified atom stereocenters. The number of Topliss-reactive ketones (excluding diaryl/α,β-unsaturated/α-hetero) is 1. The summed E-state index contributed by atoms with van der Waals surface area (Å²) in [5.74, 6) is -1.20. The number of esters is 1. The summed E-state index contributed by atoms with van der Waals surface area (Å²) in [7, 11) is 1.64. The number of carbonyl (C=O) groups excluding carboxylic acids is 3. The number of rotatable bonds is 6. The SMILES string of the molecule is CC(=O)c1cc(C(=O)OCC(=O)N[C@@H](C)c2ccccc2Br)n(C)c1. The number of benzene rings is 1. The van der Waals surface area contributed by atoms with Crippen LogP contribution in [0, 0.1) is 0 Å². The smallest absolute Gasteiger partial charge is 0.355 e. The minimum absolute atomic E-state index is 0.144. The third-order valence-electron chi connectivity index (χ3n) is 3.70. The van der Waals surface area contributed by atoms with Gasteiger partial charge in [0.2, 0.25) is 0 Å². The number of hydrogen-bond donors (Lipinski definition) is 1. The average molecular weight is 407 g/mol. The highest BCUT2D eigenvalue weighted by atomic mass is 79.9. The highest BCUT2D eigenvalue weighted by Gasteiger charge is 2.18. The molecule has 0 saturated carbocycles.